The predicted molar refractivity (Wildman–Crippen MR) is 176 cm³/mol. The molecule has 0 bridgehead atoms. The van der Waals surface area contributed by atoms with E-state index >= 15 is 0 Å². The first kappa shape index (κ1) is 34.3. The Labute approximate surface area is 287 Å². The molecular formula is C39H52O10. The second kappa shape index (κ2) is 10.9. The molecule has 0 spiro atoms. The van der Waals surface area contributed by atoms with E-state index in [1.165, 1.54) is 0 Å². The van der Waals surface area contributed by atoms with Gasteiger partial charge in [-0.2, -0.15) is 0 Å². The third kappa shape index (κ3) is 4.80. The molecule has 1 heterocycles. The van der Waals surface area contributed by atoms with Crippen LogP contribution in [-0.4, -0.2) is 34.9 Å². The van der Waals surface area contributed by atoms with Crippen molar-refractivity contribution < 1.29 is 42.6 Å². The summed E-state index contributed by atoms with van der Waals surface area (Å²) in [6.07, 6.45) is 8.99. The highest BCUT2D eigenvalue weighted by Crippen LogP contribution is 2.75. The largest absolute Gasteiger partial charge is 0.519 e. The van der Waals surface area contributed by atoms with Crippen LogP contribution in [0.1, 0.15) is 124 Å². The summed E-state index contributed by atoms with van der Waals surface area (Å²) in [5.41, 5.74) is -2.34. The molecule has 5 saturated carbocycles. The molecule has 0 amide bonds. The number of fused-ring (bicyclic) bond motifs is 7. The maximum absolute atomic E-state index is 14.8. The molecule has 0 unspecified atom stereocenters. The monoisotopic (exact) mass is 680 g/mol. The topological polar surface area (TPSA) is 150 Å². The van der Waals surface area contributed by atoms with E-state index in [0.717, 1.165) is 37.7 Å². The maximum atomic E-state index is 14.8. The van der Waals surface area contributed by atoms with Crippen molar-refractivity contribution in [2.75, 3.05) is 0 Å². The van der Waals surface area contributed by atoms with Crippen molar-refractivity contribution in [2.24, 2.45) is 56.2 Å². The average Bonchev–Trinajstić information content (AvgIpc) is 3.83. The minimum absolute atomic E-state index is 0.0117. The second-order valence-corrected chi connectivity index (χ2v) is 18.1. The number of aliphatic carboxylic acids is 1. The summed E-state index contributed by atoms with van der Waals surface area (Å²) < 4.78 is 22.1. The van der Waals surface area contributed by atoms with Gasteiger partial charge >= 0.3 is 23.7 Å². The van der Waals surface area contributed by atoms with E-state index in [-0.39, 0.29) is 64.4 Å². The van der Waals surface area contributed by atoms with Crippen molar-refractivity contribution in [1.29, 1.82) is 0 Å². The van der Waals surface area contributed by atoms with Crippen molar-refractivity contribution >= 4 is 23.7 Å². The fourth-order valence-corrected chi connectivity index (χ4v) is 11.8. The zero-order valence-electron chi connectivity index (χ0n) is 30.1. The Balaban J connectivity index is 1.26. The highest BCUT2D eigenvalue weighted by atomic mass is 16.6. The van der Waals surface area contributed by atoms with Crippen LogP contribution >= 0.6 is 0 Å². The van der Waals surface area contributed by atoms with Crippen LogP contribution in [0.2, 0.25) is 0 Å². The van der Waals surface area contributed by atoms with Gasteiger partial charge in [0.2, 0.25) is 0 Å². The second-order valence-electron chi connectivity index (χ2n) is 18.1. The van der Waals surface area contributed by atoms with Gasteiger partial charge in [-0.3, -0.25) is 19.2 Å². The standard InChI is InChI=1S/C39H52O10/c1-21-26(48-33(45)47-21)20-46-32(44)39(7)27-10-13-38(6)29(36(27,4)12-11-28(39)49-30(41)22-8-9-22)25(40)18-23-24-19-35(3,31(42)43)15-14-34(24,2)16-17-37(23,38)5/h18,22,24,27-29H,8-17,19-20H2,1-7H3,(H,42,43)/t24-,27+,28-,29+,34+,35-,36-,37+,38+,39-/m0/s1. The Hall–Kier alpha value is -3.17. The van der Waals surface area contributed by atoms with E-state index in [9.17, 15) is 29.1 Å². The lowest BCUT2D eigenvalue weighted by Gasteiger charge is -2.70. The molecule has 1 aromatic heterocycles. The van der Waals surface area contributed by atoms with Crippen LogP contribution in [0.5, 0.6) is 0 Å². The minimum Gasteiger partial charge on any atom is -0.481 e. The van der Waals surface area contributed by atoms with Crippen molar-refractivity contribution in [1.82, 2.24) is 0 Å². The highest BCUT2D eigenvalue weighted by Gasteiger charge is 2.72. The zero-order valence-corrected chi connectivity index (χ0v) is 30.1. The van der Waals surface area contributed by atoms with E-state index in [0.29, 0.717) is 38.5 Å². The van der Waals surface area contributed by atoms with Crippen LogP contribution < -0.4 is 5.82 Å². The van der Waals surface area contributed by atoms with E-state index in [1.54, 1.807) is 6.92 Å². The fourth-order valence-electron chi connectivity index (χ4n) is 11.8. The van der Waals surface area contributed by atoms with E-state index in [1.807, 2.05) is 19.9 Å². The normalized spacial score (nSPS) is 44.4. The Kier molecular flexibility index (Phi) is 7.64. The summed E-state index contributed by atoms with van der Waals surface area (Å²) >= 11 is 0. The number of allylic oxidation sites excluding steroid dienone is 2. The third-order valence-electron chi connectivity index (χ3n) is 15.5. The number of aryl methyl sites for hydroxylation is 1. The van der Waals surface area contributed by atoms with Gasteiger partial charge in [-0.25, -0.2) is 4.79 Å². The minimum atomic E-state index is -1.25. The molecule has 10 heteroatoms. The van der Waals surface area contributed by atoms with Gasteiger partial charge in [0.05, 0.1) is 11.3 Å². The Morgan fingerprint density at radius 1 is 0.898 bits per heavy atom. The summed E-state index contributed by atoms with van der Waals surface area (Å²) in [6.45, 7) is 14.0. The molecule has 0 saturated heterocycles. The van der Waals surface area contributed by atoms with Crippen molar-refractivity contribution in [2.45, 2.75) is 132 Å². The molecule has 6 aliphatic carbocycles. The molecule has 0 aliphatic heterocycles. The molecule has 6 aliphatic rings. The first-order chi connectivity index (χ1) is 22.8. The summed E-state index contributed by atoms with van der Waals surface area (Å²) in [7, 11) is 0. The number of hydrogen-bond acceptors (Lipinski definition) is 9. The number of rotatable bonds is 6. The molecule has 10 atom stereocenters. The van der Waals surface area contributed by atoms with E-state index in [4.69, 9.17) is 18.3 Å². The number of carboxylic acid groups (broad SMARTS) is 1. The summed E-state index contributed by atoms with van der Waals surface area (Å²) in [4.78, 5) is 66.4. The lowest BCUT2D eigenvalue weighted by atomic mass is 9.33. The lowest BCUT2D eigenvalue weighted by Crippen LogP contribution is -2.68. The molecule has 10 nitrogen and oxygen atoms in total. The Morgan fingerprint density at radius 3 is 2.22 bits per heavy atom. The Morgan fingerprint density at radius 2 is 1.59 bits per heavy atom. The fraction of sp³-hybridized carbons (Fsp3) is 0.769. The van der Waals surface area contributed by atoms with Gasteiger partial charge in [0.15, 0.2) is 23.9 Å². The number of esters is 2. The quantitative estimate of drug-likeness (QED) is 0.313. The van der Waals surface area contributed by atoms with Crippen LogP contribution in [0.15, 0.2) is 25.3 Å². The van der Waals surface area contributed by atoms with Crippen LogP contribution in [0.25, 0.3) is 0 Å². The summed E-state index contributed by atoms with van der Waals surface area (Å²) in [6, 6.07) is 0. The van der Waals surface area contributed by atoms with Gasteiger partial charge in [-0.15, -0.1) is 0 Å². The first-order valence-electron chi connectivity index (χ1n) is 18.3. The zero-order chi connectivity index (χ0) is 35.5. The number of carbonyl (C=O) groups is 4. The number of carbonyl (C=O) groups excluding carboxylic acids is 3. The maximum Gasteiger partial charge on any atom is 0.519 e. The molecular weight excluding hydrogens is 628 g/mol. The molecule has 0 radical (unpaired) electrons. The number of ether oxygens (including phenoxy) is 2. The highest BCUT2D eigenvalue weighted by molar-refractivity contribution is 5.96. The number of ketones is 1. The van der Waals surface area contributed by atoms with E-state index in [2.05, 4.69) is 27.7 Å². The smallest absolute Gasteiger partial charge is 0.481 e. The van der Waals surface area contributed by atoms with Crippen LogP contribution in [0.3, 0.4) is 0 Å². The van der Waals surface area contributed by atoms with Gasteiger partial charge in [0, 0.05) is 5.92 Å². The van der Waals surface area contributed by atoms with Gasteiger partial charge in [-0.1, -0.05) is 33.3 Å². The predicted octanol–water partition coefficient (Wildman–Crippen LogP) is 6.95. The number of carboxylic acids is 1. The van der Waals surface area contributed by atoms with Crippen molar-refractivity contribution in [3.05, 3.63) is 33.8 Å². The molecule has 7 rings (SSSR count). The molecule has 49 heavy (non-hydrogen) atoms. The van der Waals surface area contributed by atoms with Crippen molar-refractivity contribution in [3.63, 3.8) is 0 Å². The van der Waals surface area contributed by atoms with Gasteiger partial charge in [-0.05, 0) is 131 Å². The van der Waals surface area contributed by atoms with Crippen LogP contribution in [-0.2, 0) is 35.3 Å². The van der Waals surface area contributed by atoms with Crippen LogP contribution in [0, 0.1) is 63.1 Å². The third-order valence-corrected chi connectivity index (χ3v) is 15.5. The number of hydrogen-bond donors (Lipinski definition) is 1. The van der Waals surface area contributed by atoms with Gasteiger partial charge in [0.25, 0.3) is 0 Å². The molecule has 5 fully saturated rings. The lowest BCUT2D eigenvalue weighted by molar-refractivity contribution is -0.224. The Bertz CT molecular complexity index is 1700. The van der Waals surface area contributed by atoms with Crippen molar-refractivity contribution in [3.8, 4) is 0 Å². The summed E-state index contributed by atoms with van der Waals surface area (Å²) in [5.74, 6) is -2.88. The van der Waals surface area contributed by atoms with Gasteiger partial charge in [0.1, 0.15) is 11.5 Å². The van der Waals surface area contributed by atoms with Crippen LogP contribution in [0.4, 0.5) is 0 Å². The van der Waals surface area contributed by atoms with E-state index < -0.39 is 45.5 Å². The molecule has 1 N–H and O–H groups in total. The molecule has 0 aromatic carbocycles. The molecule has 1 aromatic rings. The first-order valence-corrected chi connectivity index (χ1v) is 18.3. The average molecular weight is 681 g/mol. The summed E-state index contributed by atoms with van der Waals surface area (Å²) in [5, 5.41) is 10.2. The van der Waals surface area contributed by atoms with Gasteiger partial charge < -0.3 is 23.4 Å². The molecule has 268 valence electrons. The SMILES string of the molecule is Cc1oc(=O)oc1COC(=O)[C@]1(C)[C@@H](OC(=O)C2CC2)CC[C@@]2(C)[C@H]1CC[C@]1(C)[C@@H]2C(=O)C=C2[C@@H]3C[C@@](C)(C(=O)O)CC[C@]3(C)CC[C@]21C.